The van der Waals surface area contributed by atoms with Crippen LogP contribution in [-0.2, 0) is 0 Å². The van der Waals surface area contributed by atoms with E-state index in [1.165, 1.54) is 5.56 Å². The molecule has 2 nitrogen and oxygen atoms in total. The van der Waals surface area contributed by atoms with Crippen molar-refractivity contribution in [1.29, 1.82) is 5.26 Å². The number of nitrogens with zero attached hydrogens (tertiary/aromatic N) is 1. The second-order valence-corrected chi connectivity index (χ2v) is 4.89. The number of nitriles is 1. The van der Waals surface area contributed by atoms with Gasteiger partial charge in [-0.15, -0.1) is 0 Å². The summed E-state index contributed by atoms with van der Waals surface area (Å²) in [5, 5.41) is 12.2. The SMILES string of the molecule is CSCC(C)NC(C)c1ccc(C#N)cc1. The monoisotopic (exact) mass is 234 g/mol. The van der Waals surface area contributed by atoms with E-state index in [1.807, 2.05) is 36.0 Å². The Morgan fingerprint density at radius 2 is 1.94 bits per heavy atom. The lowest BCUT2D eigenvalue weighted by Crippen LogP contribution is -2.30. The molecule has 0 aliphatic rings. The van der Waals surface area contributed by atoms with Gasteiger partial charge in [0.1, 0.15) is 0 Å². The molecular formula is C13H18N2S. The maximum absolute atomic E-state index is 8.71. The summed E-state index contributed by atoms with van der Waals surface area (Å²) >= 11 is 1.85. The molecule has 0 aliphatic heterocycles. The third-order valence-electron chi connectivity index (χ3n) is 2.49. The Morgan fingerprint density at radius 1 is 1.31 bits per heavy atom. The van der Waals surface area contributed by atoms with Crippen LogP contribution in [0, 0.1) is 11.3 Å². The van der Waals surface area contributed by atoms with E-state index in [4.69, 9.17) is 5.26 Å². The minimum absolute atomic E-state index is 0.329. The van der Waals surface area contributed by atoms with E-state index in [2.05, 4.69) is 31.5 Å². The van der Waals surface area contributed by atoms with Crippen molar-refractivity contribution >= 4 is 11.8 Å². The van der Waals surface area contributed by atoms with Gasteiger partial charge < -0.3 is 5.32 Å². The summed E-state index contributed by atoms with van der Waals surface area (Å²) in [5.41, 5.74) is 1.94. The van der Waals surface area contributed by atoms with Crippen LogP contribution in [0.1, 0.15) is 31.0 Å². The predicted molar refractivity (Wildman–Crippen MR) is 70.6 cm³/mol. The molecule has 0 bridgehead atoms. The normalized spacial score (nSPS) is 14.1. The fourth-order valence-corrected chi connectivity index (χ4v) is 2.26. The fourth-order valence-electron chi connectivity index (χ4n) is 1.67. The lowest BCUT2D eigenvalue weighted by Gasteiger charge is -2.19. The van der Waals surface area contributed by atoms with E-state index < -0.39 is 0 Å². The van der Waals surface area contributed by atoms with Gasteiger partial charge in [-0.1, -0.05) is 12.1 Å². The van der Waals surface area contributed by atoms with E-state index in [-0.39, 0.29) is 0 Å². The topological polar surface area (TPSA) is 35.8 Å². The van der Waals surface area contributed by atoms with Crippen LogP contribution in [0.3, 0.4) is 0 Å². The summed E-state index contributed by atoms with van der Waals surface area (Å²) < 4.78 is 0. The molecule has 1 N–H and O–H groups in total. The predicted octanol–water partition coefficient (Wildman–Crippen LogP) is 2.96. The minimum atomic E-state index is 0.329. The second kappa shape index (κ2) is 6.57. The molecule has 0 aliphatic carbocycles. The average Bonchev–Trinajstić information content (AvgIpc) is 2.29. The lowest BCUT2D eigenvalue weighted by molar-refractivity contribution is 0.511. The summed E-state index contributed by atoms with van der Waals surface area (Å²) in [5.74, 6) is 1.11. The van der Waals surface area contributed by atoms with Crippen LogP contribution in [0.5, 0.6) is 0 Å². The Bertz CT molecular complexity index is 353. The molecule has 0 saturated carbocycles. The number of rotatable bonds is 5. The highest BCUT2D eigenvalue weighted by molar-refractivity contribution is 7.98. The van der Waals surface area contributed by atoms with E-state index in [1.54, 1.807) is 0 Å². The first-order chi connectivity index (χ1) is 7.67. The summed E-state index contributed by atoms with van der Waals surface area (Å²) in [7, 11) is 0. The standard InChI is InChI=1S/C13H18N2S/c1-10(9-16-3)15-11(2)13-6-4-12(8-14)5-7-13/h4-7,10-11,15H,9H2,1-3H3. The first kappa shape index (κ1) is 13.1. The molecule has 0 heterocycles. The highest BCUT2D eigenvalue weighted by atomic mass is 32.2. The molecule has 1 aromatic rings. The van der Waals surface area contributed by atoms with Gasteiger partial charge in [0.25, 0.3) is 0 Å². The average molecular weight is 234 g/mol. The van der Waals surface area contributed by atoms with Gasteiger partial charge in [0, 0.05) is 17.8 Å². The van der Waals surface area contributed by atoms with Gasteiger partial charge in [-0.05, 0) is 37.8 Å². The molecule has 1 aromatic carbocycles. The Kier molecular flexibility index (Phi) is 5.37. The molecule has 0 saturated heterocycles. The van der Waals surface area contributed by atoms with Crippen molar-refractivity contribution in [3.63, 3.8) is 0 Å². The second-order valence-electron chi connectivity index (χ2n) is 3.98. The highest BCUT2D eigenvalue weighted by Crippen LogP contribution is 2.14. The van der Waals surface area contributed by atoms with E-state index in [0.717, 1.165) is 5.75 Å². The Morgan fingerprint density at radius 3 is 2.44 bits per heavy atom. The van der Waals surface area contributed by atoms with Gasteiger partial charge in [-0.2, -0.15) is 17.0 Å². The first-order valence-electron chi connectivity index (χ1n) is 5.42. The number of benzene rings is 1. The molecule has 3 heteroatoms. The molecule has 0 fully saturated rings. The quantitative estimate of drug-likeness (QED) is 0.851. The first-order valence-corrected chi connectivity index (χ1v) is 6.81. The van der Waals surface area contributed by atoms with Gasteiger partial charge in [-0.25, -0.2) is 0 Å². The van der Waals surface area contributed by atoms with Crippen LogP contribution in [0.15, 0.2) is 24.3 Å². The van der Waals surface area contributed by atoms with Gasteiger partial charge in [0.05, 0.1) is 11.6 Å². The summed E-state index contributed by atoms with van der Waals surface area (Å²) in [6.07, 6.45) is 2.12. The van der Waals surface area contributed by atoms with Crippen molar-refractivity contribution in [3.8, 4) is 6.07 Å². The smallest absolute Gasteiger partial charge is 0.0991 e. The zero-order valence-electron chi connectivity index (χ0n) is 10.0. The maximum Gasteiger partial charge on any atom is 0.0991 e. The van der Waals surface area contributed by atoms with Crippen molar-refractivity contribution in [1.82, 2.24) is 5.32 Å². The van der Waals surface area contributed by atoms with Crippen molar-refractivity contribution in [2.75, 3.05) is 12.0 Å². The summed E-state index contributed by atoms with van der Waals surface area (Å²) in [6.45, 7) is 4.34. The number of hydrogen-bond acceptors (Lipinski definition) is 3. The maximum atomic E-state index is 8.71. The zero-order valence-corrected chi connectivity index (χ0v) is 10.8. The number of hydrogen-bond donors (Lipinski definition) is 1. The van der Waals surface area contributed by atoms with Crippen LogP contribution in [0.4, 0.5) is 0 Å². The van der Waals surface area contributed by atoms with Gasteiger partial charge in [-0.3, -0.25) is 0 Å². The highest BCUT2D eigenvalue weighted by Gasteiger charge is 2.08. The van der Waals surface area contributed by atoms with Crippen LogP contribution in [-0.4, -0.2) is 18.1 Å². The molecule has 16 heavy (non-hydrogen) atoms. The van der Waals surface area contributed by atoms with Crippen LogP contribution in [0.2, 0.25) is 0 Å². The molecule has 2 unspecified atom stereocenters. The van der Waals surface area contributed by atoms with Crippen LogP contribution < -0.4 is 5.32 Å². The molecule has 0 radical (unpaired) electrons. The summed E-state index contributed by atoms with van der Waals surface area (Å²) in [4.78, 5) is 0. The summed E-state index contributed by atoms with van der Waals surface area (Å²) in [6, 6.07) is 10.7. The van der Waals surface area contributed by atoms with E-state index >= 15 is 0 Å². The fraction of sp³-hybridized carbons (Fsp3) is 0.462. The van der Waals surface area contributed by atoms with Gasteiger partial charge in [0.2, 0.25) is 0 Å². The van der Waals surface area contributed by atoms with Crippen molar-refractivity contribution in [2.45, 2.75) is 25.9 Å². The zero-order chi connectivity index (χ0) is 12.0. The molecule has 2 atom stereocenters. The molecular weight excluding hydrogens is 216 g/mol. The van der Waals surface area contributed by atoms with Crippen molar-refractivity contribution in [3.05, 3.63) is 35.4 Å². The van der Waals surface area contributed by atoms with Gasteiger partial charge in [0.15, 0.2) is 0 Å². The molecule has 0 aromatic heterocycles. The molecule has 86 valence electrons. The van der Waals surface area contributed by atoms with Crippen molar-refractivity contribution in [2.24, 2.45) is 0 Å². The largest absolute Gasteiger partial charge is 0.307 e. The lowest BCUT2D eigenvalue weighted by atomic mass is 10.1. The molecule has 1 rings (SSSR count). The van der Waals surface area contributed by atoms with E-state index in [9.17, 15) is 0 Å². The molecule has 0 amide bonds. The van der Waals surface area contributed by atoms with Crippen LogP contribution in [0.25, 0.3) is 0 Å². The van der Waals surface area contributed by atoms with Crippen LogP contribution >= 0.6 is 11.8 Å². The Labute approximate surface area is 102 Å². The third-order valence-corrected chi connectivity index (χ3v) is 3.32. The third kappa shape index (κ3) is 3.88. The number of nitrogens with one attached hydrogen (secondary N) is 1. The van der Waals surface area contributed by atoms with Gasteiger partial charge >= 0.3 is 0 Å². The Balaban J connectivity index is 2.59. The minimum Gasteiger partial charge on any atom is -0.307 e. The molecule has 0 spiro atoms. The number of thioether (sulfide) groups is 1. The van der Waals surface area contributed by atoms with E-state index in [0.29, 0.717) is 17.6 Å². The van der Waals surface area contributed by atoms with Crippen molar-refractivity contribution < 1.29 is 0 Å². The Hall–Kier alpha value is -0.980.